The van der Waals surface area contributed by atoms with Gasteiger partial charge in [-0.25, -0.2) is 8.78 Å². The number of anilines is 1. The normalized spacial score (nSPS) is 28.2. The maximum atomic E-state index is 13.9. The second-order valence-corrected chi connectivity index (χ2v) is 6.44. The van der Waals surface area contributed by atoms with Crippen LogP contribution in [-0.4, -0.2) is 61.4 Å². The molecule has 24 heavy (non-hydrogen) atoms. The molecular weight excluding hydrogens is 318 g/mol. The Hall–Kier alpha value is -1.73. The molecular formula is C17H22F2N2O3. The minimum atomic E-state index is -0.563. The van der Waals surface area contributed by atoms with E-state index in [2.05, 4.69) is 4.90 Å². The first-order valence-electron chi connectivity index (χ1n) is 8.19. The molecule has 1 aliphatic carbocycles. The fourth-order valence-corrected chi connectivity index (χ4v) is 3.77. The number of esters is 1. The zero-order valence-corrected chi connectivity index (χ0v) is 13.6. The van der Waals surface area contributed by atoms with Crippen LogP contribution in [-0.2, 0) is 9.53 Å². The van der Waals surface area contributed by atoms with Crippen LogP contribution in [0.4, 0.5) is 14.5 Å². The van der Waals surface area contributed by atoms with Crippen LogP contribution in [0.2, 0.25) is 0 Å². The van der Waals surface area contributed by atoms with Crippen molar-refractivity contribution in [1.29, 1.82) is 0 Å². The molecule has 5 nitrogen and oxygen atoms in total. The fourth-order valence-electron chi connectivity index (χ4n) is 3.77. The maximum absolute atomic E-state index is 13.9. The van der Waals surface area contributed by atoms with Gasteiger partial charge in [-0.15, -0.1) is 0 Å². The van der Waals surface area contributed by atoms with E-state index >= 15 is 0 Å². The van der Waals surface area contributed by atoms with Crippen LogP contribution >= 0.6 is 0 Å². The van der Waals surface area contributed by atoms with Gasteiger partial charge in [-0.05, 0) is 25.0 Å². The van der Waals surface area contributed by atoms with E-state index in [-0.39, 0.29) is 23.6 Å². The molecule has 1 N–H and O–H groups in total. The van der Waals surface area contributed by atoms with Gasteiger partial charge in [-0.1, -0.05) is 0 Å². The van der Waals surface area contributed by atoms with Crippen LogP contribution < -0.4 is 4.90 Å². The summed E-state index contributed by atoms with van der Waals surface area (Å²) in [5.41, 5.74) is 0.272. The van der Waals surface area contributed by atoms with Crippen molar-refractivity contribution in [3.05, 3.63) is 29.8 Å². The molecule has 7 heteroatoms. The number of halogens is 2. The van der Waals surface area contributed by atoms with Gasteiger partial charge in [0.1, 0.15) is 11.6 Å². The SMILES string of the molecule is COC(=O)[C@H]1C[C@@H](N2CCN(c3cc(F)ccc3F)CC2)[C@@H](O)C1. The van der Waals surface area contributed by atoms with Crippen molar-refractivity contribution in [3.63, 3.8) is 0 Å². The molecule has 3 rings (SSSR count). The van der Waals surface area contributed by atoms with Crippen molar-refractivity contribution in [3.8, 4) is 0 Å². The Morgan fingerprint density at radius 2 is 1.92 bits per heavy atom. The van der Waals surface area contributed by atoms with Crippen LogP contribution in [0.25, 0.3) is 0 Å². The lowest BCUT2D eigenvalue weighted by molar-refractivity contribution is -0.145. The first kappa shape index (κ1) is 17.1. The average Bonchev–Trinajstić information content (AvgIpc) is 2.98. The van der Waals surface area contributed by atoms with E-state index in [1.165, 1.54) is 13.2 Å². The summed E-state index contributed by atoms with van der Waals surface area (Å²) < 4.78 is 32.0. The molecule has 1 aromatic carbocycles. The molecule has 0 spiro atoms. The van der Waals surface area contributed by atoms with E-state index in [0.29, 0.717) is 39.0 Å². The number of aliphatic hydroxyl groups excluding tert-OH is 1. The molecule has 0 bridgehead atoms. The molecule has 1 saturated heterocycles. The monoisotopic (exact) mass is 340 g/mol. The van der Waals surface area contributed by atoms with Crippen LogP contribution in [0, 0.1) is 17.6 Å². The lowest BCUT2D eigenvalue weighted by Crippen LogP contribution is -2.52. The Morgan fingerprint density at radius 3 is 2.58 bits per heavy atom. The minimum absolute atomic E-state index is 0.0893. The van der Waals surface area contributed by atoms with Gasteiger partial charge < -0.3 is 14.7 Å². The summed E-state index contributed by atoms with van der Waals surface area (Å²) in [6.45, 7) is 2.36. The molecule has 0 aromatic heterocycles. The molecule has 0 radical (unpaired) electrons. The van der Waals surface area contributed by atoms with Crippen molar-refractivity contribution in [2.24, 2.45) is 5.92 Å². The van der Waals surface area contributed by atoms with Gasteiger partial charge in [0.25, 0.3) is 0 Å². The van der Waals surface area contributed by atoms with Crippen molar-refractivity contribution >= 4 is 11.7 Å². The number of nitrogens with zero attached hydrogens (tertiary/aromatic N) is 2. The third-order valence-corrected chi connectivity index (χ3v) is 5.06. The van der Waals surface area contributed by atoms with Crippen molar-refractivity contribution in [2.75, 3.05) is 38.2 Å². The smallest absolute Gasteiger partial charge is 0.308 e. The highest BCUT2D eigenvalue weighted by molar-refractivity contribution is 5.72. The minimum Gasteiger partial charge on any atom is -0.469 e. The molecule has 0 amide bonds. The number of ether oxygens (including phenoxy) is 1. The largest absolute Gasteiger partial charge is 0.469 e. The van der Waals surface area contributed by atoms with E-state index in [1.807, 2.05) is 4.90 Å². The summed E-state index contributed by atoms with van der Waals surface area (Å²) in [4.78, 5) is 15.6. The average molecular weight is 340 g/mol. The van der Waals surface area contributed by atoms with Gasteiger partial charge in [0.05, 0.1) is 24.8 Å². The first-order valence-corrected chi connectivity index (χ1v) is 8.19. The number of hydrogen-bond acceptors (Lipinski definition) is 5. The van der Waals surface area contributed by atoms with Gasteiger partial charge in [-0.3, -0.25) is 9.69 Å². The Labute approximate surface area is 139 Å². The van der Waals surface area contributed by atoms with Crippen LogP contribution in [0.5, 0.6) is 0 Å². The standard InChI is InChI=1S/C17H22F2N2O3/c1-24-17(23)11-8-15(16(22)9-11)21-6-4-20(5-7-21)14-10-12(18)2-3-13(14)19/h2-3,10-11,15-16,22H,4-9H2,1H3/t11-,15+,16-/m0/s1. The number of rotatable bonds is 3. The zero-order chi connectivity index (χ0) is 17.3. The molecule has 3 atom stereocenters. The van der Waals surface area contributed by atoms with Crippen molar-refractivity contribution in [2.45, 2.75) is 25.0 Å². The summed E-state index contributed by atoms with van der Waals surface area (Å²) >= 11 is 0. The summed E-state index contributed by atoms with van der Waals surface area (Å²) in [5.74, 6) is -1.44. The predicted molar refractivity (Wildman–Crippen MR) is 84.7 cm³/mol. The summed E-state index contributed by atoms with van der Waals surface area (Å²) in [7, 11) is 1.36. The van der Waals surface area contributed by atoms with E-state index in [4.69, 9.17) is 4.74 Å². The van der Waals surface area contributed by atoms with E-state index in [0.717, 1.165) is 12.1 Å². The highest BCUT2D eigenvalue weighted by atomic mass is 19.1. The second-order valence-electron chi connectivity index (χ2n) is 6.44. The molecule has 1 heterocycles. The van der Waals surface area contributed by atoms with Gasteiger partial charge >= 0.3 is 5.97 Å². The second kappa shape index (κ2) is 7.03. The molecule has 2 fully saturated rings. The topological polar surface area (TPSA) is 53.0 Å². The number of carbonyl (C=O) groups excluding carboxylic acids is 1. The van der Waals surface area contributed by atoms with E-state index in [9.17, 15) is 18.7 Å². The van der Waals surface area contributed by atoms with Crippen molar-refractivity contribution in [1.82, 2.24) is 4.90 Å². The van der Waals surface area contributed by atoms with Gasteiger partial charge in [-0.2, -0.15) is 0 Å². The number of carbonyl (C=O) groups is 1. The maximum Gasteiger partial charge on any atom is 0.308 e. The zero-order valence-electron chi connectivity index (χ0n) is 13.6. The van der Waals surface area contributed by atoms with Crippen LogP contribution in [0.1, 0.15) is 12.8 Å². The highest BCUT2D eigenvalue weighted by Crippen LogP contribution is 2.32. The number of methoxy groups -OCH3 is 1. The van der Waals surface area contributed by atoms with E-state index < -0.39 is 17.7 Å². The predicted octanol–water partition coefficient (Wildman–Crippen LogP) is 1.40. The summed E-state index contributed by atoms with van der Waals surface area (Å²) in [5, 5.41) is 10.2. The summed E-state index contributed by atoms with van der Waals surface area (Å²) in [6, 6.07) is 3.37. The summed E-state index contributed by atoms with van der Waals surface area (Å²) in [6.07, 6.45) is 0.421. The van der Waals surface area contributed by atoms with Gasteiger partial charge in [0.2, 0.25) is 0 Å². The van der Waals surface area contributed by atoms with Gasteiger partial charge in [0.15, 0.2) is 0 Å². The Morgan fingerprint density at radius 1 is 1.21 bits per heavy atom. The molecule has 132 valence electrons. The molecule has 1 saturated carbocycles. The van der Waals surface area contributed by atoms with E-state index in [1.54, 1.807) is 0 Å². The molecule has 1 aromatic rings. The first-order chi connectivity index (χ1) is 11.5. The Bertz CT molecular complexity index is 605. The quantitative estimate of drug-likeness (QED) is 0.843. The Kier molecular flexibility index (Phi) is 5.01. The third kappa shape index (κ3) is 3.37. The fraction of sp³-hybridized carbons (Fsp3) is 0.588. The lowest BCUT2D eigenvalue weighted by atomic mass is 10.1. The number of aliphatic hydroxyl groups is 1. The van der Waals surface area contributed by atoms with Crippen LogP contribution in [0.3, 0.4) is 0 Å². The van der Waals surface area contributed by atoms with Gasteiger partial charge in [0, 0.05) is 38.3 Å². The molecule has 2 aliphatic rings. The number of hydrogen-bond donors (Lipinski definition) is 1. The highest BCUT2D eigenvalue weighted by Gasteiger charge is 2.41. The molecule has 1 aliphatic heterocycles. The third-order valence-electron chi connectivity index (χ3n) is 5.06. The Balaban J connectivity index is 1.61. The lowest BCUT2D eigenvalue weighted by Gasteiger charge is -2.40. The number of benzene rings is 1. The van der Waals surface area contributed by atoms with Crippen molar-refractivity contribution < 1.29 is 23.4 Å². The molecule has 0 unspecified atom stereocenters. The van der Waals surface area contributed by atoms with Crippen LogP contribution in [0.15, 0.2) is 18.2 Å². The number of piperazine rings is 1.